The number of nitrogens with zero attached hydrogens (tertiary/aromatic N) is 3. The summed E-state index contributed by atoms with van der Waals surface area (Å²) in [7, 11) is 0. The van der Waals surface area contributed by atoms with Gasteiger partial charge in [-0.3, -0.25) is 9.69 Å². The summed E-state index contributed by atoms with van der Waals surface area (Å²) in [6.45, 7) is 3.64. The second kappa shape index (κ2) is 9.22. The van der Waals surface area contributed by atoms with Crippen LogP contribution in [0.25, 0.3) is 11.3 Å². The van der Waals surface area contributed by atoms with Gasteiger partial charge in [0.1, 0.15) is 11.6 Å². The summed E-state index contributed by atoms with van der Waals surface area (Å²) in [6, 6.07) is 12.2. The van der Waals surface area contributed by atoms with Gasteiger partial charge in [-0.2, -0.15) is 5.10 Å². The van der Waals surface area contributed by atoms with E-state index >= 15 is 0 Å². The molecule has 3 aromatic rings. The summed E-state index contributed by atoms with van der Waals surface area (Å²) >= 11 is 0. The topological polar surface area (TPSA) is 50.2 Å². The number of nitrogens with one attached hydrogen (secondary N) is 1. The number of rotatable bonds is 6. The van der Waals surface area contributed by atoms with E-state index in [0.29, 0.717) is 13.1 Å². The average Bonchev–Trinajstić information content (AvgIpc) is 3.25. The molecule has 1 amide bonds. The molecular weight excluding hydrogens is 398 g/mol. The first-order valence-electron chi connectivity index (χ1n) is 10.2. The summed E-state index contributed by atoms with van der Waals surface area (Å²) in [5, 5.41) is 7.35. The van der Waals surface area contributed by atoms with Crippen molar-refractivity contribution < 1.29 is 13.6 Å². The molecule has 0 fully saturated rings. The van der Waals surface area contributed by atoms with Crippen LogP contribution >= 0.6 is 0 Å². The first-order valence-corrected chi connectivity index (χ1v) is 10.2. The van der Waals surface area contributed by atoms with Gasteiger partial charge in [0.25, 0.3) is 0 Å². The minimum Gasteiger partial charge on any atom is -0.348 e. The average molecular weight is 422 g/mol. The third-order valence-corrected chi connectivity index (χ3v) is 5.45. The van der Waals surface area contributed by atoms with E-state index in [-0.39, 0.29) is 23.6 Å². The largest absolute Gasteiger partial charge is 0.348 e. The summed E-state index contributed by atoms with van der Waals surface area (Å²) in [5.41, 5.74) is 3.88. The second-order valence-corrected chi connectivity index (χ2v) is 7.71. The van der Waals surface area contributed by atoms with Gasteiger partial charge >= 0.3 is 0 Å². The summed E-state index contributed by atoms with van der Waals surface area (Å²) < 4.78 is 27.9. The highest BCUT2D eigenvalue weighted by atomic mass is 19.1. The van der Waals surface area contributed by atoms with Crippen molar-refractivity contribution in [1.82, 2.24) is 20.0 Å². The van der Waals surface area contributed by atoms with Crippen LogP contribution in [-0.4, -0.2) is 40.2 Å². The fourth-order valence-corrected chi connectivity index (χ4v) is 3.67. The van der Waals surface area contributed by atoms with E-state index in [9.17, 15) is 13.6 Å². The maximum Gasteiger partial charge on any atom is 0.234 e. The standard InChI is InChI=1S/C24H24F2N4O/c1-17(18-2-4-21(25)5-3-18)28-24(31)16-29-12-10-19(11-13-29)20-14-27-30(15-20)23-8-6-22(26)7-9-23/h2-10,14-15,17H,11-13,16H2,1H3,(H,28,31)/t17-/m0/s1. The normalized spacial score (nSPS) is 15.4. The SMILES string of the molecule is C[C@H](NC(=O)CN1CC=C(c2cnn(-c3ccc(F)cc3)c2)CC1)c1ccc(F)cc1. The first kappa shape index (κ1) is 20.9. The van der Waals surface area contributed by atoms with E-state index in [2.05, 4.69) is 21.4 Å². The van der Waals surface area contributed by atoms with Gasteiger partial charge in [0.05, 0.1) is 24.5 Å². The van der Waals surface area contributed by atoms with Gasteiger partial charge in [0, 0.05) is 24.8 Å². The fraction of sp³-hybridized carbons (Fsp3) is 0.250. The van der Waals surface area contributed by atoms with Crippen molar-refractivity contribution in [1.29, 1.82) is 0 Å². The van der Waals surface area contributed by atoms with Gasteiger partial charge < -0.3 is 5.32 Å². The van der Waals surface area contributed by atoms with Crippen molar-refractivity contribution in [3.63, 3.8) is 0 Å². The van der Waals surface area contributed by atoms with Crippen LogP contribution in [0.5, 0.6) is 0 Å². The Morgan fingerprint density at radius 1 is 1.10 bits per heavy atom. The molecule has 5 nitrogen and oxygen atoms in total. The third kappa shape index (κ3) is 5.24. The molecule has 0 bridgehead atoms. The Kier molecular flexibility index (Phi) is 6.23. The zero-order chi connectivity index (χ0) is 21.8. The van der Waals surface area contributed by atoms with Gasteiger partial charge in [-0.05, 0) is 60.9 Å². The lowest BCUT2D eigenvalue weighted by atomic mass is 10.0. The Hall–Kier alpha value is -3.32. The molecule has 1 atom stereocenters. The van der Waals surface area contributed by atoms with Crippen LogP contribution in [0.15, 0.2) is 67.0 Å². The molecule has 1 aliphatic heterocycles. The van der Waals surface area contributed by atoms with Crippen LogP contribution < -0.4 is 5.32 Å². The van der Waals surface area contributed by atoms with Crippen molar-refractivity contribution in [2.45, 2.75) is 19.4 Å². The number of halogens is 2. The smallest absolute Gasteiger partial charge is 0.234 e. The highest BCUT2D eigenvalue weighted by molar-refractivity contribution is 5.78. The summed E-state index contributed by atoms with van der Waals surface area (Å²) in [5.74, 6) is -0.624. The van der Waals surface area contributed by atoms with E-state index in [1.807, 2.05) is 19.3 Å². The van der Waals surface area contributed by atoms with Gasteiger partial charge in [-0.1, -0.05) is 18.2 Å². The molecule has 4 rings (SSSR count). The molecule has 2 heterocycles. The number of hydrogen-bond donors (Lipinski definition) is 1. The molecule has 0 saturated heterocycles. The van der Waals surface area contributed by atoms with Gasteiger partial charge in [-0.15, -0.1) is 0 Å². The van der Waals surface area contributed by atoms with Crippen LogP contribution in [0.2, 0.25) is 0 Å². The summed E-state index contributed by atoms with van der Waals surface area (Å²) in [4.78, 5) is 14.5. The second-order valence-electron chi connectivity index (χ2n) is 7.71. The number of benzene rings is 2. The molecule has 0 unspecified atom stereocenters. The van der Waals surface area contributed by atoms with Crippen LogP contribution in [-0.2, 0) is 4.79 Å². The van der Waals surface area contributed by atoms with Crippen LogP contribution in [0.4, 0.5) is 8.78 Å². The zero-order valence-electron chi connectivity index (χ0n) is 17.3. The van der Waals surface area contributed by atoms with Crippen molar-refractivity contribution in [2.75, 3.05) is 19.6 Å². The van der Waals surface area contributed by atoms with Crippen LogP contribution in [0.1, 0.15) is 30.5 Å². The molecule has 1 N–H and O–H groups in total. The van der Waals surface area contributed by atoms with E-state index < -0.39 is 0 Å². The number of carbonyl (C=O) groups excluding carboxylic acids is 1. The molecule has 0 aliphatic carbocycles. The molecule has 0 radical (unpaired) electrons. The van der Waals surface area contributed by atoms with E-state index in [1.165, 1.54) is 29.8 Å². The number of amides is 1. The molecule has 2 aromatic carbocycles. The molecule has 1 aromatic heterocycles. The summed E-state index contributed by atoms with van der Waals surface area (Å²) in [6.07, 6.45) is 6.68. The van der Waals surface area contributed by atoms with Crippen molar-refractivity contribution in [3.05, 3.63) is 89.8 Å². The Labute approximate surface area is 180 Å². The predicted octanol–water partition coefficient (Wildman–Crippen LogP) is 4.12. The minimum atomic E-state index is -0.290. The Bertz CT molecular complexity index is 1070. The lowest BCUT2D eigenvalue weighted by molar-refractivity contribution is -0.122. The van der Waals surface area contributed by atoms with E-state index in [1.54, 1.807) is 28.9 Å². The number of carbonyl (C=O) groups is 1. The lowest BCUT2D eigenvalue weighted by Gasteiger charge is -2.26. The van der Waals surface area contributed by atoms with E-state index in [0.717, 1.165) is 29.8 Å². The van der Waals surface area contributed by atoms with Gasteiger partial charge in [0.15, 0.2) is 0 Å². The Morgan fingerprint density at radius 3 is 2.42 bits per heavy atom. The number of aromatic nitrogens is 2. The highest BCUT2D eigenvalue weighted by Crippen LogP contribution is 2.23. The molecule has 0 saturated carbocycles. The molecule has 1 aliphatic rings. The molecule has 0 spiro atoms. The maximum absolute atomic E-state index is 13.1. The highest BCUT2D eigenvalue weighted by Gasteiger charge is 2.18. The van der Waals surface area contributed by atoms with Crippen molar-refractivity contribution >= 4 is 11.5 Å². The molecule has 7 heteroatoms. The Balaban J connectivity index is 1.31. The van der Waals surface area contributed by atoms with Gasteiger partial charge in [-0.25, -0.2) is 13.5 Å². The van der Waals surface area contributed by atoms with Crippen LogP contribution in [0, 0.1) is 11.6 Å². The predicted molar refractivity (Wildman–Crippen MR) is 116 cm³/mol. The fourth-order valence-electron chi connectivity index (χ4n) is 3.67. The van der Waals surface area contributed by atoms with Crippen molar-refractivity contribution in [3.8, 4) is 5.69 Å². The monoisotopic (exact) mass is 422 g/mol. The zero-order valence-corrected chi connectivity index (χ0v) is 17.3. The molecule has 160 valence electrons. The third-order valence-electron chi connectivity index (χ3n) is 5.45. The van der Waals surface area contributed by atoms with Crippen molar-refractivity contribution in [2.24, 2.45) is 0 Å². The lowest BCUT2D eigenvalue weighted by Crippen LogP contribution is -2.40. The maximum atomic E-state index is 13.1. The van der Waals surface area contributed by atoms with Crippen LogP contribution in [0.3, 0.4) is 0 Å². The quantitative estimate of drug-likeness (QED) is 0.650. The number of hydrogen-bond acceptors (Lipinski definition) is 3. The van der Waals surface area contributed by atoms with Gasteiger partial charge in [0.2, 0.25) is 5.91 Å². The Morgan fingerprint density at radius 2 is 1.77 bits per heavy atom. The molecule has 31 heavy (non-hydrogen) atoms. The first-order chi connectivity index (χ1) is 15.0. The molecular formula is C24H24F2N4O. The van der Waals surface area contributed by atoms with E-state index in [4.69, 9.17) is 0 Å². The minimum absolute atomic E-state index is 0.0576.